The number of hydrogen-bond donors (Lipinski definition) is 0. The molecule has 2 heterocycles. The van der Waals surface area contributed by atoms with Crippen molar-refractivity contribution in [3.8, 4) is 0 Å². The minimum absolute atomic E-state index is 0.498. The smallest absolute Gasteiger partial charge is 0.0688 e. The van der Waals surface area contributed by atoms with Gasteiger partial charge >= 0.3 is 0 Å². The highest BCUT2D eigenvalue weighted by molar-refractivity contribution is 5.83. The van der Waals surface area contributed by atoms with Crippen molar-refractivity contribution in [3.63, 3.8) is 0 Å². The molecule has 0 spiro atoms. The molecule has 0 atom stereocenters. The number of benzene rings is 1. The van der Waals surface area contributed by atoms with Crippen molar-refractivity contribution in [2.45, 2.75) is 82.4 Å². The molecule has 1 aliphatic heterocycles. The summed E-state index contributed by atoms with van der Waals surface area (Å²) in [4.78, 5) is 2.74. The van der Waals surface area contributed by atoms with Gasteiger partial charge in [-0.2, -0.15) is 5.10 Å². The third kappa shape index (κ3) is 3.31. The predicted octanol–water partition coefficient (Wildman–Crippen LogP) is 4.82. The van der Waals surface area contributed by atoms with Gasteiger partial charge in [0.1, 0.15) is 0 Å². The lowest BCUT2D eigenvalue weighted by Gasteiger charge is -2.40. The quantitative estimate of drug-likeness (QED) is 0.776. The number of fused-ring (bicyclic) bond motifs is 1. The van der Waals surface area contributed by atoms with E-state index in [1.807, 2.05) is 7.11 Å². The van der Waals surface area contributed by atoms with Gasteiger partial charge in [0.25, 0.3) is 0 Å². The zero-order valence-electron chi connectivity index (χ0n) is 16.9. The average molecular weight is 368 g/mol. The van der Waals surface area contributed by atoms with Crippen molar-refractivity contribution in [1.29, 1.82) is 0 Å². The third-order valence-corrected chi connectivity index (χ3v) is 7.45. The van der Waals surface area contributed by atoms with Gasteiger partial charge in [-0.15, -0.1) is 0 Å². The number of aryl methyl sites for hydroxylation is 1. The van der Waals surface area contributed by atoms with Crippen LogP contribution < -0.4 is 0 Å². The largest absolute Gasteiger partial charge is 0.381 e. The fourth-order valence-electron chi connectivity index (χ4n) is 5.55. The highest BCUT2D eigenvalue weighted by Gasteiger charge is 2.31. The van der Waals surface area contributed by atoms with Crippen LogP contribution in [0.2, 0.25) is 0 Å². The zero-order valence-corrected chi connectivity index (χ0v) is 16.9. The van der Waals surface area contributed by atoms with Crippen molar-refractivity contribution < 1.29 is 4.74 Å². The van der Waals surface area contributed by atoms with Crippen LogP contribution in [-0.4, -0.2) is 47.0 Å². The van der Waals surface area contributed by atoms with Crippen LogP contribution >= 0.6 is 0 Å². The minimum Gasteiger partial charge on any atom is -0.381 e. The molecule has 2 aromatic rings. The zero-order chi connectivity index (χ0) is 18.4. The van der Waals surface area contributed by atoms with Crippen LogP contribution in [0.15, 0.2) is 18.3 Å². The minimum atomic E-state index is 0.498. The number of ether oxygens (including phenoxy) is 1. The monoisotopic (exact) mass is 367 g/mol. The van der Waals surface area contributed by atoms with E-state index in [4.69, 9.17) is 9.84 Å². The molecule has 146 valence electrons. The van der Waals surface area contributed by atoms with Crippen molar-refractivity contribution in [1.82, 2.24) is 14.7 Å². The van der Waals surface area contributed by atoms with E-state index in [0.717, 1.165) is 12.0 Å². The van der Waals surface area contributed by atoms with Crippen LogP contribution in [0, 0.1) is 6.92 Å². The molecule has 0 radical (unpaired) electrons. The van der Waals surface area contributed by atoms with Gasteiger partial charge in [0.2, 0.25) is 0 Å². The lowest BCUT2D eigenvalue weighted by molar-refractivity contribution is 0.0292. The highest BCUT2D eigenvalue weighted by atomic mass is 16.5. The normalized spacial score (nSPS) is 28.1. The molecule has 0 N–H and O–H groups in total. The van der Waals surface area contributed by atoms with Crippen LogP contribution in [0.4, 0.5) is 0 Å². The van der Waals surface area contributed by atoms with E-state index in [-0.39, 0.29) is 0 Å². The van der Waals surface area contributed by atoms with Crippen LogP contribution in [0.3, 0.4) is 0 Å². The van der Waals surface area contributed by atoms with Crippen molar-refractivity contribution >= 4 is 10.9 Å². The number of methoxy groups -OCH3 is 1. The van der Waals surface area contributed by atoms with Crippen molar-refractivity contribution in [3.05, 3.63) is 29.5 Å². The van der Waals surface area contributed by atoms with Crippen LogP contribution in [-0.2, 0) is 4.74 Å². The van der Waals surface area contributed by atoms with Gasteiger partial charge in [0.15, 0.2) is 0 Å². The third-order valence-electron chi connectivity index (χ3n) is 7.45. The summed E-state index contributed by atoms with van der Waals surface area (Å²) in [5, 5.41) is 6.22. The molecular weight excluding hydrogens is 334 g/mol. The van der Waals surface area contributed by atoms with E-state index < -0.39 is 0 Å². The summed E-state index contributed by atoms with van der Waals surface area (Å²) in [5.41, 5.74) is 4.37. The number of piperidine rings is 1. The fraction of sp³-hybridized carbons (Fsp3) is 0.696. The maximum Gasteiger partial charge on any atom is 0.0688 e. The molecule has 5 rings (SSSR count). The molecule has 3 aliphatic rings. The Morgan fingerprint density at radius 3 is 2.33 bits per heavy atom. The molecular formula is C23H33N3O. The number of hydrogen-bond acceptors (Lipinski definition) is 3. The van der Waals surface area contributed by atoms with Gasteiger partial charge in [-0.25, -0.2) is 0 Å². The average Bonchev–Trinajstić information content (AvgIpc) is 3.47. The van der Waals surface area contributed by atoms with Gasteiger partial charge < -0.3 is 9.64 Å². The fourth-order valence-corrected chi connectivity index (χ4v) is 5.55. The Labute approximate surface area is 162 Å². The van der Waals surface area contributed by atoms with E-state index in [1.165, 1.54) is 80.9 Å². The van der Waals surface area contributed by atoms with Gasteiger partial charge in [-0.05, 0) is 81.4 Å². The van der Waals surface area contributed by atoms with Crippen molar-refractivity contribution in [2.24, 2.45) is 0 Å². The second-order valence-electron chi connectivity index (χ2n) is 9.01. The molecule has 1 aromatic carbocycles. The summed E-state index contributed by atoms with van der Waals surface area (Å²) >= 11 is 0. The molecule has 3 fully saturated rings. The highest BCUT2D eigenvalue weighted by Crippen LogP contribution is 2.43. The summed E-state index contributed by atoms with van der Waals surface area (Å²) in [6, 6.07) is 6.04. The molecule has 2 aliphatic carbocycles. The maximum absolute atomic E-state index is 5.54. The lowest BCUT2D eigenvalue weighted by Crippen LogP contribution is -2.44. The Morgan fingerprint density at radius 2 is 1.67 bits per heavy atom. The summed E-state index contributed by atoms with van der Waals surface area (Å²) < 4.78 is 7.87. The molecule has 2 saturated carbocycles. The lowest BCUT2D eigenvalue weighted by atomic mass is 9.90. The van der Waals surface area contributed by atoms with E-state index in [1.54, 1.807) is 5.56 Å². The summed E-state index contributed by atoms with van der Waals surface area (Å²) in [6.45, 7) is 4.72. The van der Waals surface area contributed by atoms with Gasteiger partial charge in [-0.3, -0.25) is 4.68 Å². The first-order valence-corrected chi connectivity index (χ1v) is 11.0. The second-order valence-corrected chi connectivity index (χ2v) is 9.01. The molecule has 27 heavy (non-hydrogen) atoms. The Hall–Kier alpha value is -1.39. The maximum atomic E-state index is 5.54. The topological polar surface area (TPSA) is 30.3 Å². The molecule has 0 bridgehead atoms. The summed E-state index contributed by atoms with van der Waals surface area (Å²) in [5.74, 6) is 0.814. The second kappa shape index (κ2) is 7.21. The Kier molecular flexibility index (Phi) is 4.73. The number of aromatic nitrogens is 2. The molecule has 0 unspecified atom stereocenters. The van der Waals surface area contributed by atoms with Crippen molar-refractivity contribution in [2.75, 3.05) is 20.2 Å². The Morgan fingerprint density at radius 1 is 0.926 bits per heavy atom. The van der Waals surface area contributed by atoms with Crippen LogP contribution in [0.25, 0.3) is 10.9 Å². The standard InChI is InChI=1S/C23H33N3O/c1-16-21(17-3-4-17)9-10-23-22(16)15-24-26(23)19-11-13-25(14-12-19)18-5-7-20(27-2)8-6-18/h9-10,15,17-20H,3-8,11-14H2,1-2H3. The summed E-state index contributed by atoms with van der Waals surface area (Å²) in [6.07, 6.45) is 12.9. The predicted molar refractivity (Wildman–Crippen MR) is 109 cm³/mol. The SMILES string of the molecule is COC1CCC(N2CCC(n3ncc4c(C)c(C5CC5)ccc43)CC2)CC1. The van der Waals surface area contributed by atoms with E-state index in [0.29, 0.717) is 12.1 Å². The molecule has 1 saturated heterocycles. The number of rotatable bonds is 4. The molecule has 1 aromatic heterocycles. The first-order valence-electron chi connectivity index (χ1n) is 11.0. The van der Waals surface area contributed by atoms with Gasteiger partial charge in [0, 0.05) is 31.6 Å². The molecule has 0 amide bonds. The van der Waals surface area contributed by atoms with E-state index in [2.05, 4.69) is 34.8 Å². The van der Waals surface area contributed by atoms with Gasteiger partial charge in [-0.1, -0.05) is 6.07 Å². The molecule has 4 heteroatoms. The Bertz CT molecular complexity index is 793. The summed E-state index contributed by atoms with van der Waals surface area (Å²) in [7, 11) is 1.86. The first-order chi connectivity index (χ1) is 13.2. The van der Waals surface area contributed by atoms with Gasteiger partial charge in [0.05, 0.1) is 23.9 Å². The first kappa shape index (κ1) is 17.7. The number of nitrogens with zero attached hydrogens (tertiary/aromatic N) is 3. The number of likely N-dealkylation sites (tertiary alicyclic amines) is 1. The Balaban J connectivity index is 1.26. The van der Waals surface area contributed by atoms with E-state index >= 15 is 0 Å². The van der Waals surface area contributed by atoms with Crippen LogP contribution in [0.1, 0.15) is 74.5 Å². The van der Waals surface area contributed by atoms with E-state index in [9.17, 15) is 0 Å². The molecule has 4 nitrogen and oxygen atoms in total. The van der Waals surface area contributed by atoms with Crippen LogP contribution in [0.5, 0.6) is 0 Å².